The van der Waals surface area contributed by atoms with Crippen molar-refractivity contribution < 1.29 is 9.85 Å². The summed E-state index contributed by atoms with van der Waals surface area (Å²) >= 11 is 0. The zero-order valence-corrected chi connectivity index (χ0v) is 15.5. The molecule has 3 aromatic rings. The molecule has 0 saturated carbocycles. The van der Waals surface area contributed by atoms with Gasteiger partial charge < -0.3 is 0 Å². The van der Waals surface area contributed by atoms with Crippen molar-refractivity contribution in [2.24, 2.45) is 5.10 Å². The molecule has 1 N–H and O–H groups in total. The molecule has 0 amide bonds. The largest absolute Gasteiger partial charge is 0.301 e. The number of hydrogen-bond donors (Lipinski definition) is 1. The summed E-state index contributed by atoms with van der Waals surface area (Å²) in [6.45, 7) is 1.80. The number of hydrogen-bond acceptors (Lipinski definition) is 6. The molecule has 0 aliphatic heterocycles. The topological polar surface area (TPSA) is 111 Å². The van der Waals surface area contributed by atoms with Crippen LogP contribution >= 0.6 is 0 Å². The quantitative estimate of drug-likeness (QED) is 0.297. The van der Waals surface area contributed by atoms with E-state index >= 15 is 0 Å². The van der Waals surface area contributed by atoms with E-state index in [-0.39, 0.29) is 11.4 Å². The molecule has 0 atom stereocenters. The third-order valence-corrected chi connectivity index (χ3v) is 4.94. The van der Waals surface area contributed by atoms with Gasteiger partial charge in [0.15, 0.2) is 0 Å². The summed E-state index contributed by atoms with van der Waals surface area (Å²) in [7, 11) is 0. The molecule has 144 valence electrons. The van der Waals surface area contributed by atoms with Gasteiger partial charge in [-0.15, -0.1) is 0 Å². The van der Waals surface area contributed by atoms with Crippen molar-refractivity contribution in [3.63, 3.8) is 0 Å². The fraction of sp³-hybridized carbons (Fsp3) is 0.0952. The van der Waals surface area contributed by atoms with Gasteiger partial charge in [-0.1, -0.05) is 36.4 Å². The number of nitro groups is 2. The van der Waals surface area contributed by atoms with Crippen LogP contribution in [0.25, 0.3) is 11.1 Å². The van der Waals surface area contributed by atoms with Crippen molar-refractivity contribution in [1.29, 1.82) is 0 Å². The number of non-ortho nitro benzene ring substituents is 1. The van der Waals surface area contributed by atoms with Crippen LogP contribution in [-0.4, -0.2) is 15.6 Å². The summed E-state index contributed by atoms with van der Waals surface area (Å²) in [5, 5.41) is 26.3. The lowest BCUT2D eigenvalue weighted by Gasteiger charge is -2.07. The van der Waals surface area contributed by atoms with Crippen molar-refractivity contribution in [3.05, 3.63) is 97.6 Å². The Morgan fingerprint density at radius 1 is 0.931 bits per heavy atom. The highest BCUT2D eigenvalue weighted by atomic mass is 16.6. The number of rotatable bonds is 5. The Hall–Kier alpha value is -4.07. The average molecular weight is 388 g/mol. The molecule has 0 fully saturated rings. The van der Waals surface area contributed by atoms with E-state index in [1.54, 1.807) is 6.92 Å². The summed E-state index contributed by atoms with van der Waals surface area (Å²) in [6.07, 6.45) is 0.855. The number of fused-ring (bicyclic) bond motifs is 3. The highest BCUT2D eigenvalue weighted by molar-refractivity contribution is 6.00. The van der Waals surface area contributed by atoms with Crippen LogP contribution in [0.5, 0.6) is 0 Å². The molecule has 1 aliphatic carbocycles. The van der Waals surface area contributed by atoms with Gasteiger partial charge in [-0.05, 0) is 53.3 Å². The Bertz CT molecular complexity index is 1190. The molecule has 29 heavy (non-hydrogen) atoms. The zero-order valence-electron chi connectivity index (χ0n) is 15.5. The fourth-order valence-electron chi connectivity index (χ4n) is 3.46. The molecule has 0 unspecified atom stereocenters. The lowest BCUT2D eigenvalue weighted by Crippen LogP contribution is -2.03. The Labute approximate surface area is 165 Å². The van der Waals surface area contributed by atoms with Gasteiger partial charge in [-0.25, -0.2) is 0 Å². The molecule has 0 saturated heterocycles. The second kappa shape index (κ2) is 7.16. The van der Waals surface area contributed by atoms with Gasteiger partial charge in [0.2, 0.25) is 0 Å². The normalized spacial score (nSPS) is 12.2. The van der Waals surface area contributed by atoms with Crippen molar-refractivity contribution in [2.45, 2.75) is 13.3 Å². The van der Waals surface area contributed by atoms with E-state index in [0.29, 0.717) is 5.71 Å². The maximum absolute atomic E-state index is 11.2. The van der Waals surface area contributed by atoms with E-state index in [9.17, 15) is 20.2 Å². The van der Waals surface area contributed by atoms with Crippen LogP contribution in [0.1, 0.15) is 23.6 Å². The predicted octanol–water partition coefficient (Wildman–Crippen LogP) is 4.91. The Balaban J connectivity index is 1.60. The van der Waals surface area contributed by atoms with Gasteiger partial charge in [0.1, 0.15) is 5.69 Å². The number of anilines is 1. The van der Waals surface area contributed by atoms with Gasteiger partial charge in [-0.2, -0.15) is 5.10 Å². The van der Waals surface area contributed by atoms with E-state index in [4.69, 9.17) is 0 Å². The van der Waals surface area contributed by atoms with Crippen LogP contribution in [0.3, 0.4) is 0 Å². The van der Waals surface area contributed by atoms with E-state index in [2.05, 4.69) is 34.8 Å². The van der Waals surface area contributed by atoms with Crippen LogP contribution in [-0.2, 0) is 6.42 Å². The zero-order chi connectivity index (χ0) is 20.5. The Kier molecular flexibility index (Phi) is 4.52. The number of nitro benzene ring substituents is 2. The molecular weight excluding hydrogens is 372 g/mol. The van der Waals surface area contributed by atoms with Gasteiger partial charge >= 0.3 is 5.69 Å². The minimum absolute atomic E-state index is 0.0912. The first-order valence-electron chi connectivity index (χ1n) is 8.89. The predicted molar refractivity (Wildman–Crippen MR) is 110 cm³/mol. The summed E-state index contributed by atoms with van der Waals surface area (Å²) < 4.78 is 0. The lowest BCUT2D eigenvalue weighted by molar-refractivity contribution is -0.393. The molecule has 0 bridgehead atoms. The summed E-state index contributed by atoms with van der Waals surface area (Å²) in [5.41, 5.74) is 8.49. The summed E-state index contributed by atoms with van der Waals surface area (Å²) in [4.78, 5) is 20.7. The van der Waals surface area contributed by atoms with Crippen molar-refractivity contribution in [3.8, 4) is 11.1 Å². The SMILES string of the molecule is C/C(=N\Nc1ccc([N+](=O)[O-])cc1[N+](=O)[O-])c1ccc2c(c1)Cc1ccccc1-2. The third kappa shape index (κ3) is 3.43. The van der Waals surface area contributed by atoms with Gasteiger partial charge in [0.25, 0.3) is 5.69 Å². The highest BCUT2D eigenvalue weighted by Crippen LogP contribution is 2.36. The second-order valence-corrected chi connectivity index (χ2v) is 6.73. The van der Waals surface area contributed by atoms with Gasteiger partial charge in [0, 0.05) is 6.07 Å². The number of nitrogens with zero attached hydrogens (tertiary/aromatic N) is 3. The molecule has 8 nitrogen and oxygen atoms in total. The van der Waals surface area contributed by atoms with Crippen molar-refractivity contribution >= 4 is 22.8 Å². The number of nitrogens with one attached hydrogen (secondary N) is 1. The van der Waals surface area contributed by atoms with Crippen LogP contribution < -0.4 is 5.43 Å². The first kappa shape index (κ1) is 18.3. The van der Waals surface area contributed by atoms with Gasteiger partial charge in [-0.3, -0.25) is 25.7 Å². The standard InChI is InChI=1S/C21H16N4O4/c1-13(22-23-20-9-7-17(24(26)27)12-21(20)25(28)29)14-6-8-19-16(10-14)11-15-4-2-3-5-18(15)19/h2-10,12,23H,11H2,1H3/b22-13+. The van der Waals surface area contributed by atoms with E-state index in [0.717, 1.165) is 18.1 Å². The Morgan fingerprint density at radius 2 is 1.69 bits per heavy atom. The molecule has 1 aliphatic rings. The minimum Gasteiger partial charge on any atom is -0.271 e. The molecule has 0 spiro atoms. The van der Waals surface area contributed by atoms with Crippen LogP contribution in [0.4, 0.5) is 17.1 Å². The first-order valence-corrected chi connectivity index (χ1v) is 8.89. The minimum atomic E-state index is -0.674. The number of hydrazone groups is 1. The maximum Gasteiger partial charge on any atom is 0.301 e. The monoisotopic (exact) mass is 388 g/mol. The fourth-order valence-corrected chi connectivity index (χ4v) is 3.46. The first-order chi connectivity index (χ1) is 13.9. The third-order valence-electron chi connectivity index (χ3n) is 4.94. The van der Waals surface area contributed by atoms with Crippen molar-refractivity contribution in [2.75, 3.05) is 5.43 Å². The van der Waals surface area contributed by atoms with Crippen LogP contribution in [0.15, 0.2) is 65.8 Å². The lowest BCUT2D eigenvalue weighted by atomic mass is 10.0. The number of benzene rings is 3. The van der Waals surface area contributed by atoms with E-state index in [1.807, 2.05) is 18.2 Å². The smallest absolute Gasteiger partial charge is 0.271 e. The second-order valence-electron chi connectivity index (χ2n) is 6.73. The highest BCUT2D eigenvalue weighted by Gasteiger charge is 2.20. The van der Waals surface area contributed by atoms with Gasteiger partial charge in [0.05, 0.1) is 21.6 Å². The van der Waals surface area contributed by atoms with E-state index in [1.165, 1.54) is 34.4 Å². The molecule has 4 rings (SSSR count). The Morgan fingerprint density at radius 3 is 2.45 bits per heavy atom. The van der Waals surface area contributed by atoms with Crippen LogP contribution in [0, 0.1) is 20.2 Å². The molecule has 8 heteroatoms. The molecule has 0 radical (unpaired) electrons. The van der Waals surface area contributed by atoms with Crippen molar-refractivity contribution in [1.82, 2.24) is 0 Å². The molecule has 3 aromatic carbocycles. The maximum atomic E-state index is 11.2. The van der Waals surface area contributed by atoms with E-state index < -0.39 is 15.5 Å². The average Bonchev–Trinajstić information content (AvgIpc) is 3.09. The van der Waals surface area contributed by atoms with Crippen LogP contribution in [0.2, 0.25) is 0 Å². The molecular formula is C21H16N4O4. The summed E-state index contributed by atoms with van der Waals surface area (Å²) in [6, 6.07) is 17.8. The molecule has 0 aromatic heterocycles. The summed E-state index contributed by atoms with van der Waals surface area (Å²) in [5.74, 6) is 0. The molecule has 0 heterocycles.